The molecule has 3 heteroatoms. The first-order valence-electron chi connectivity index (χ1n) is 6.40. The van der Waals surface area contributed by atoms with Crippen molar-refractivity contribution >= 4 is 17.6 Å². The third-order valence-corrected chi connectivity index (χ3v) is 3.10. The van der Waals surface area contributed by atoms with Crippen LogP contribution in [0, 0.1) is 0 Å². The van der Waals surface area contributed by atoms with Crippen molar-refractivity contribution < 1.29 is 9.63 Å². The largest absolute Gasteiger partial charge is 0.390 e. The molecule has 0 N–H and O–H groups in total. The first kappa shape index (κ1) is 12.4. The molecule has 3 nitrogen and oxygen atoms in total. The fourth-order valence-electron chi connectivity index (χ4n) is 2.05. The minimum Gasteiger partial charge on any atom is -0.390 e. The quantitative estimate of drug-likeness (QED) is 0.795. The van der Waals surface area contributed by atoms with Gasteiger partial charge in [-0.2, -0.15) is 0 Å². The minimum absolute atomic E-state index is 0.101. The summed E-state index contributed by atoms with van der Waals surface area (Å²) < 4.78 is 0. The molecule has 0 amide bonds. The van der Waals surface area contributed by atoms with Crippen LogP contribution < -0.4 is 0 Å². The summed E-state index contributed by atoms with van der Waals surface area (Å²) >= 11 is 0. The van der Waals surface area contributed by atoms with Gasteiger partial charge in [0, 0.05) is 5.56 Å². The molecule has 1 aliphatic carbocycles. The van der Waals surface area contributed by atoms with Gasteiger partial charge in [0.2, 0.25) is 5.78 Å². The molecular weight excluding hydrogens is 250 g/mol. The van der Waals surface area contributed by atoms with Crippen LogP contribution in [0.2, 0.25) is 0 Å². The summed E-state index contributed by atoms with van der Waals surface area (Å²) in [6.07, 6.45) is 3.57. The van der Waals surface area contributed by atoms with E-state index in [0.29, 0.717) is 17.9 Å². The third-order valence-electron chi connectivity index (χ3n) is 3.10. The van der Waals surface area contributed by atoms with Crippen molar-refractivity contribution in [1.82, 2.24) is 0 Å². The highest BCUT2D eigenvalue weighted by atomic mass is 16.6. The summed E-state index contributed by atoms with van der Waals surface area (Å²) in [6, 6.07) is 17.2. The second-order valence-corrected chi connectivity index (χ2v) is 4.49. The Hall–Kier alpha value is -2.68. The van der Waals surface area contributed by atoms with Gasteiger partial charge >= 0.3 is 0 Å². The van der Waals surface area contributed by atoms with Crippen molar-refractivity contribution in [3.63, 3.8) is 0 Å². The smallest absolute Gasteiger partial charge is 0.215 e. The first-order chi connectivity index (χ1) is 9.84. The Bertz CT molecular complexity index is 687. The number of Topliss-reactive ketones (excluding diaryl/α,β-unsaturated/α-hetero) is 1. The lowest BCUT2D eigenvalue weighted by Crippen LogP contribution is -2.17. The molecule has 0 heterocycles. The molecule has 0 aromatic heterocycles. The molecule has 2 aromatic rings. The van der Waals surface area contributed by atoms with Gasteiger partial charge in [0.1, 0.15) is 6.61 Å². The molecule has 1 aliphatic rings. The lowest BCUT2D eigenvalue weighted by atomic mass is 9.95. The lowest BCUT2D eigenvalue weighted by Gasteiger charge is -2.10. The van der Waals surface area contributed by atoms with Gasteiger partial charge in [0.25, 0.3) is 0 Å². The van der Waals surface area contributed by atoms with Gasteiger partial charge in [0.05, 0.1) is 0 Å². The van der Waals surface area contributed by atoms with Crippen LogP contribution in [0.15, 0.2) is 65.8 Å². The molecule has 0 saturated carbocycles. The fourth-order valence-corrected chi connectivity index (χ4v) is 2.05. The fraction of sp³-hybridized carbons (Fsp3) is 0.0588. The number of hydrogen-bond acceptors (Lipinski definition) is 3. The molecule has 98 valence electrons. The van der Waals surface area contributed by atoms with E-state index in [1.54, 1.807) is 12.1 Å². The van der Waals surface area contributed by atoms with Crippen LogP contribution in [0.5, 0.6) is 0 Å². The molecule has 2 aromatic carbocycles. The molecule has 0 fully saturated rings. The molecule has 0 unspecified atom stereocenters. The van der Waals surface area contributed by atoms with Gasteiger partial charge in [-0.1, -0.05) is 65.8 Å². The Morgan fingerprint density at radius 2 is 1.65 bits per heavy atom. The maximum Gasteiger partial charge on any atom is 0.215 e. The summed E-state index contributed by atoms with van der Waals surface area (Å²) in [5, 5.41) is 3.94. The highest BCUT2D eigenvalue weighted by Crippen LogP contribution is 2.17. The summed E-state index contributed by atoms with van der Waals surface area (Å²) in [5.41, 5.74) is 2.93. The maximum atomic E-state index is 12.2. The number of hydrogen-bond donors (Lipinski definition) is 0. The van der Waals surface area contributed by atoms with Crippen molar-refractivity contribution in [2.45, 2.75) is 6.61 Å². The van der Waals surface area contributed by atoms with E-state index in [2.05, 4.69) is 5.16 Å². The van der Waals surface area contributed by atoms with Crippen molar-refractivity contribution in [2.75, 3.05) is 0 Å². The number of carbonyl (C=O) groups excluding carboxylic acids is 1. The number of carbonyl (C=O) groups is 1. The van der Waals surface area contributed by atoms with E-state index in [0.717, 1.165) is 11.1 Å². The third kappa shape index (κ3) is 2.52. The second kappa shape index (κ2) is 5.53. The second-order valence-electron chi connectivity index (χ2n) is 4.49. The van der Waals surface area contributed by atoms with Crippen LogP contribution in [0.1, 0.15) is 21.5 Å². The van der Waals surface area contributed by atoms with Gasteiger partial charge in [-0.05, 0) is 17.2 Å². The van der Waals surface area contributed by atoms with Crippen LogP contribution in [-0.2, 0) is 11.4 Å². The number of ketones is 1. The molecule has 20 heavy (non-hydrogen) atoms. The number of benzene rings is 2. The molecular formula is C17H13NO2. The monoisotopic (exact) mass is 263 g/mol. The van der Waals surface area contributed by atoms with Gasteiger partial charge in [-0.3, -0.25) is 4.79 Å². The zero-order valence-electron chi connectivity index (χ0n) is 10.8. The Kier molecular flexibility index (Phi) is 3.42. The van der Waals surface area contributed by atoms with Gasteiger partial charge in [-0.25, -0.2) is 0 Å². The van der Waals surface area contributed by atoms with E-state index in [9.17, 15) is 4.79 Å². The van der Waals surface area contributed by atoms with E-state index in [1.165, 1.54) is 0 Å². The SMILES string of the molecule is O=C1/C(=N/OCc2ccccc2)C=Cc2ccccc21. The Morgan fingerprint density at radius 3 is 2.50 bits per heavy atom. The molecule has 0 spiro atoms. The molecule has 0 atom stereocenters. The van der Waals surface area contributed by atoms with Crippen molar-refractivity contribution in [3.05, 3.63) is 77.4 Å². The average Bonchev–Trinajstić information content (AvgIpc) is 2.51. The summed E-state index contributed by atoms with van der Waals surface area (Å²) in [6.45, 7) is 0.354. The van der Waals surface area contributed by atoms with Crippen molar-refractivity contribution in [1.29, 1.82) is 0 Å². The molecule has 0 saturated heterocycles. The highest BCUT2D eigenvalue weighted by Gasteiger charge is 2.19. The zero-order chi connectivity index (χ0) is 13.8. The molecule has 3 rings (SSSR count). The van der Waals surface area contributed by atoms with Crippen molar-refractivity contribution in [2.24, 2.45) is 5.16 Å². The molecule has 0 bridgehead atoms. The Morgan fingerprint density at radius 1 is 0.900 bits per heavy atom. The van der Waals surface area contributed by atoms with Gasteiger partial charge < -0.3 is 4.84 Å². The van der Waals surface area contributed by atoms with Gasteiger partial charge in [-0.15, -0.1) is 0 Å². The Labute approximate surface area is 117 Å². The van der Waals surface area contributed by atoms with Crippen LogP contribution >= 0.6 is 0 Å². The average molecular weight is 263 g/mol. The number of fused-ring (bicyclic) bond motifs is 1. The standard InChI is InChI=1S/C17H13NO2/c19-17-15-9-5-4-8-14(15)10-11-16(17)18-20-12-13-6-2-1-3-7-13/h1-11H,12H2/b18-16+. The van der Waals surface area contributed by atoms with Crippen LogP contribution in [0.3, 0.4) is 0 Å². The van der Waals surface area contributed by atoms with E-state index >= 15 is 0 Å². The molecule has 0 radical (unpaired) electrons. The maximum absolute atomic E-state index is 12.2. The highest BCUT2D eigenvalue weighted by molar-refractivity contribution is 6.52. The van der Waals surface area contributed by atoms with Crippen LogP contribution in [0.25, 0.3) is 6.08 Å². The Balaban J connectivity index is 1.73. The number of oxime groups is 1. The minimum atomic E-state index is -0.101. The van der Waals surface area contributed by atoms with Crippen LogP contribution in [-0.4, -0.2) is 11.5 Å². The molecule has 0 aliphatic heterocycles. The summed E-state index contributed by atoms with van der Waals surface area (Å²) in [5.74, 6) is -0.101. The van der Waals surface area contributed by atoms with Crippen LogP contribution in [0.4, 0.5) is 0 Å². The normalized spacial score (nSPS) is 15.2. The van der Waals surface area contributed by atoms with E-state index < -0.39 is 0 Å². The van der Waals surface area contributed by atoms with E-state index in [4.69, 9.17) is 4.84 Å². The number of rotatable bonds is 3. The summed E-state index contributed by atoms with van der Waals surface area (Å²) in [7, 11) is 0. The van der Waals surface area contributed by atoms with Crippen molar-refractivity contribution in [3.8, 4) is 0 Å². The van der Waals surface area contributed by atoms with E-state index in [1.807, 2.05) is 54.6 Å². The number of nitrogens with zero attached hydrogens (tertiary/aromatic N) is 1. The van der Waals surface area contributed by atoms with E-state index in [-0.39, 0.29) is 5.78 Å². The predicted molar refractivity (Wildman–Crippen MR) is 78.5 cm³/mol. The topological polar surface area (TPSA) is 38.7 Å². The summed E-state index contributed by atoms with van der Waals surface area (Å²) in [4.78, 5) is 17.5. The van der Waals surface area contributed by atoms with Gasteiger partial charge in [0.15, 0.2) is 5.71 Å². The number of allylic oxidation sites excluding steroid dienone is 1. The first-order valence-corrected chi connectivity index (χ1v) is 6.40. The zero-order valence-corrected chi connectivity index (χ0v) is 10.8. The lowest BCUT2D eigenvalue weighted by molar-refractivity contribution is 0.103. The predicted octanol–water partition coefficient (Wildman–Crippen LogP) is 3.47.